The Balaban J connectivity index is 3.21. The van der Waals surface area contributed by atoms with Crippen molar-refractivity contribution in [2.45, 2.75) is 12.8 Å². The molecule has 9 heteroatoms. The molecule has 0 fully saturated rings. The molecule has 0 aliphatic rings. The molecule has 0 radical (unpaired) electrons. The van der Waals surface area contributed by atoms with Crippen molar-refractivity contribution < 1.29 is 26.7 Å². The van der Waals surface area contributed by atoms with Crippen molar-refractivity contribution >= 4 is 27.5 Å². The van der Waals surface area contributed by atoms with Gasteiger partial charge in [0.2, 0.25) is 0 Å². The summed E-state index contributed by atoms with van der Waals surface area (Å²) in [5.74, 6) is -0.980. The van der Waals surface area contributed by atoms with Crippen LogP contribution in [0.1, 0.15) is 12.0 Å². The Kier molecular flexibility index (Phi) is 3.95. The molecule has 0 saturated heterocycles. The highest BCUT2D eigenvalue weighted by Crippen LogP contribution is 2.40. The Hall–Kier alpha value is -0.630. The summed E-state index contributed by atoms with van der Waals surface area (Å²) in [5.41, 5.74) is -0.830. The van der Waals surface area contributed by atoms with E-state index in [1.54, 1.807) is 0 Å². The summed E-state index contributed by atoms with van der Waals surface area (Å²) < 4.78 is 63.4. The van der Waals surface area contributed by atoms with Gasteiger partial charge in [-0.2, -0.15) is 0 Å². The SMILES string of the molecule is FC(F)c1cnc(Br)c(OC(F)(F)F)c1Cl. The van der Waals surface area contributed by atoms with Crippen LogP contribution < -0.4 is 4.74 Å². The Bertz CT molecular complexity index is 397. The number of halogens is 7. The molecule has 0 unspecified atom stereocenters. The van der Waals surface area contributed by atoms with Crippen LogP contribution in [0, 0.1) is 0 Å². The van der Waals surface area contributed by atoms with Crippen LogP contribution in [0.3, 0.4) is 0 Å². The molecule has 2 nitrogen and oxygen atoms in total. The van der Waals surface area contributed by atoms with Crippen molar-refractivity contribution in [2.24, 2.45) is 0 Å². The van der Waals surface area contributed by atoms with E-state index in [2.05, 4.69) is 25.7 Å². The third kappa shape index (κ3) is 3.18. The maximum Gasteiger partial charge on any atom is 0.573 e. The average molecular weight is 326 g/mol. The lowest BCUT2D eigenvalue weighted by molar-refractivity contribution is -0.275. The van der Waals surface area contributed by atoms with Gasteiger partial charge < -0.3 is 4.74 Å². The van der Waals surface area contributed by atoms with E-state index in [1.807, 2.05) is 0 Å². The molecular weight excluding hydrogens is 324 g/mol. The minimum Gasteiger partial charge on any atom is -0.401 e. The quantitative estimate of drug-likeness (QED) is 0.596. The van der Waals surface area contributed by atoms with Crippen LogP contribution in [0.4, 0.5) is 22.0 Å². The van der Waals surface area contributed by atoms with Gasteiger partial charge in [-0.15, -0.1) is 13.2 Å². The number of nitrogens with zero attached hydrogens (tertiary/aromatic N) is 1. The van der Waals surface area contributed by atoms with Crippen LogP contribution >= 0.6 is 27.5 Å². The molecule has 0 saturated carbocycles. The molecule has 1 aromatic heterocycles. The summed E-state index contributed by atoms with van der Waals surface area (Å²) in [5, 5.41) is -0.825. The highest BCUT2D eigenvalue weighted by molar-refractivity contribution is 9.10. The van der Waals surface area contributed by atoms with Crippen LogP contribution in [0.15, 0.2) is 10.8 Å². The van der Waals surface area contributed by atoms with Gasteiger partial charge in [0.05, 0.1) is 10.6 Å². The van der Waals surface area contributed by atoms with Crippen molar-refractivity contribution in [2.75, 3.05) is 0 Å². The second-order valence-corrected chi connectivity index (χ2v) is 3.63. The van der Waals surface area contributed by atoms with Gasteiger partial charge in [-0.05, 0) is 15.9 Å². The molecule has 1 aromatic rings. The molecule has 0 bridgehead atoms. The van der Waals surface area contributed by atoms with Crippen LogP contribution in [0.5, 0.6) is 5.75 Å². The lowest BCUT2D eigenvalue weighted by atomic mass is 10.3. The summed E-state index contributed by atoms with van der Waals surface area (Å²) in [4.78, 5) is 3.27. The fraction of sp³-hybridized carbons (Fsp3) is 0.286. The second-order valence-electron chi connectivity index (χ2n) is 2.50. The van der Waals surface area contributed by atoms with E-state index in [1.165, 1.54) is 0 Å². The van der Waals surface area contributed by atoms with Gasteiger partial charge in [-0.25, -0.2) is 13.8 Å². The van der Waals surface area contributed by atoms with Crippen molar-refractivity contribution in [3.05, 3.63) is 21.4 Å². The van der Waals surface area contributed by atoms with E-state index in [0.29, 0.717) is 6.20 Å². The smallest absolute Gasteiger partial charge is 0.401 e. The number of alkyl halides is 5. The maximum atomic E-state index is 12.3. The molecule has 0 N–H and O–H groups in total. The van der Waals surface area contributed by atoms with Crippen molar-refractivity contribution in [3.8, 4) is 5.75 Å². The summed E-state index contributed by atoms with van der Waals surface area (Å²) in [6.45, 7) is 0. The third-order valence-electron chi connectivity index (χ3n) is 1.41. The zero-order valence-corrected chi connectivity index (χ0v) is 9.50. The monoisotopic (exact) mass is 325 g/mol. The number of ether oxygens (including phenoxy) is 1. The standard InChI is InChI=1S/C7H2BrClF5NO/c8-5-4(16-7(12,13)14)3(9)2(1-15-5)6(10)11/h1,6H. The number of hydrogen-bond acceptors (Lipinski definition) is 2. The first-order chi connectivity index (χ1) is 7.22. The van der Waals surface area contributed by atoms with E-state index in [9.17, 15) is 22.0 Å². The van der Waals surface area contributed by atoms with Gasteiger partial charge in [-0.1, -0.05) is 11.6 Å². The van der Waals surface area contributed by atoms with Crippen LogP contribution in [0.25, 0.3) is 0 Å². The summed E-state index contributed by atoms with van der Waals surface area (Å²) >= 11 is 7.96. The molecule has 0 aromatic carbocycles. The first kappa shape index (κ1) is 13.4. The van der Waals surface area contributed by atoms with E-state index in [0.717, 1.165) is 0 Å². The van der Waals surface area contributed by atoms with Gasteiger partial charge in [0.1, 0.15) is 4.60 Å². The molecule has 0 amide bonds. The number of aromatic nitrogens is 1. The largest absolute Gasteiger partial charge is 0.573 e. The van der Waals surface area contributed by atoms with Gasteiger partial charge in [0.15, 0.2) is 5.75 Å². The van der Waals surface area contributed by atoms with E-state index in [-0.39, 0.29) is 0 Å². The predicted molar refractivity (Wildman–Crippen MR) is 48.6 cm³/mol. The summed E-state index contributed by atoms with van der Waals surface area (Å²) in [6, 6.07) is 0. The van der Waals surface area contributed by atoms with E-state index < -0.39 is 33.7 Å². The van der Waals surface area contributed by atoms with Gasteiger partial charge >= 0.3 is 6.36 Å². The minimum atomic E-state index is -5.03. The fourth-order valence-corrected chi connectivity index (χ4v) is 1.57. The molecule has 0 aliphatic heterocycles. The molecule has 1 rings (SSSR count). The third-order valence-corrected chi connectivity index (χ3v) is 2.36. The average Bonchev–Trinajstić information content (AvgIpc) is 2.10. The Morgan fingerprint density at radius 2 is 1.94 bits per heavy atom. The first-order valence-electron chi connectivity index (χ1n) is 3.60. The molecule has 0 aliphatic carbocycles. The fourth-order valence-electron chi connectivity index (χ4n) is 0.818. The zero-order valence-electron chi connectivity index (χ0n) is 7.16. The summed E-state index contributed by atoms with van der Waals surface area (Å²) in [7, 11) is 0. The Morgan fingerprint density at radius 3 is 2.38 bits per heavy atom. The lowest BCUT2D eigenvalue weighted by Gasteiger charge is -2.13. The van der Waals surface area contributed by atoms with E-state index >= 15 is 0 Å². The van der Waals surface area contributed by atoms with E-state index in [4.69, 9.17) is 11.6 Å². The number of hydrogen-bond donors (Lipinski definition) is 0. The minimum absolute atomic E-state index is 0.403. The number of pyridine rings is 1. The zero-order chi connectivity index (χ0) is 12.5. The Labute approximate surface area is 99.5 Å². The van der Waals surface area contributed by atoms with Gasteiger partial charge in [0, 0.05) is 6.20 Å². The van der Waals surface area contributed by atoms with Crippen LogP contribution in [-0.4, -0.2) is 11.3 Å². The normalized spacial score (nSPS) is 12.0. The van der Waals surface area contributed by atoms with Crippen molar-refractivity contribution in [3.63, 3.8) is 0 Å². The molecule has 90 valence electrons. The number of rotatable bonds is 2. The van der Waals surface area contributed by atoms with Crippen LogP contribution in [-0.2, 0) is 0 Å². The summed E-state index contributed by atoms with van der Waals surface area (Å²) in [6.07, 6.45) is -7.40. The van der Waals surface area contributed by atoms with Crippen LogP contribution in [0.2, 0.25) is 5.02 Å². The first-order valence-corrected chi connectivity index (χ1v) is 4.77. The van der Waals surface area contributed by atoms with Gasteiger partial charge in [0.25, 0.3) is 6.43 Å². The van der Waals surface area contributed by atoms with Crippen molar-refractivity contribution in [1.82, 2.24) is 4.98 Å². The molecule has 0 spiro atoms. The second kappa shape index (κ2) is 4.70. The van der Waals surface area contributed by atoms with Crippen molar-refractivity contribution in [1.29, 1.82) is 0 Å². The van der Waals surface area contributed by atoms with Gasteiger partial charge in [-0.3, -0.25) is 0 Å². The molecule has 16 heavy (non-hydrogen) atoms. The lowest BCUT2D eigenvalue weighted by Crippen LogP contribution is -2.18. The Morgan fingerprint density at radius 1 is 1.38 bits per heavy atom. The predicted octanol–water partition coefficient (Wildman–Crippen LogP) is 4.33. The topological polar surface area (TPSA) is 22.1 Å². The highest BCUT2D eigenvalue weighted by Gasteiger charge is 2.34. The highest BCUT2D eigenvalue weighted by atomic mass is 79.9. The molecule has 0 atom stereocenters. The molecule has 1 heterocycles. The molecular formula is C7H2BrClF5NO. The maximum absolute atomic E-state index is 12.3.